The van der Waals surface area contributed by atoms with Crippen LogP contribution in [0.3, 0.4) is 0 Å². The number of ether oxygens (including phenoxy) is 1. The molecule has 5 amide bonds. The van der Waals surface area contributed by atoms with Crippen molar-refractivity contribution in [1.82, 2.24) is 25.0 Å². The van der Waals surface area contributed by atoms with Gasteiger partial charge in [-0.05, 0) is 43.4 Å². The second-order valence-electron chi connectivity index (χ2n) is 13.8. The van der Waals surface area contributed by atoms with E-state index in [-0.39, 0.29) is 36.7 Å². The number of aliphatic hydroxyl groups excluding tert-OH is 1. The molecular formula is C37H39F2N5O7S. The number of halogens is 2. The molecule has 15 heteroatoms. The number of nitrogens with one attached hydrogen (secondary N) is 1. The summed E-state index contributed by atoms with van der Waals surface area (Å²) in [6.45, 7) is -2.18. The minimum atomic E-state index is -3.52. The Morgan fingerprint density at radius 1 is 0.981 bits per heavy atom. The van der Waals surface area contributed by atoms with E-state index in [1.807, 2.05) is 18.2 Å². The number of aliphatic hydroxyl groups is 1. The molecule has 4 atom stereocenters. The molecule has 0 unspecified atom stereocenters. The normalized spacial score (nSPS) is 24.5. The third kappa shape index (κ3) is 6.61. The lowest BCUT2D eigenvalue weighted by Crippen LogP contribution is -2.63. The van der Waals surface area contributed by atoms with Gasteiger partial charge in [0.1, 0.15) is 11.5 Å². The average molecular weight is 736 g/mol. The number of likely N-dealkylation sites (tertiary alicyclic amines) is 1. The molecule has 274 valence electrons. The predicted molar refractivity (Wildman–Crippen MR) is 183 cm³/mol. The summed E-state index contributed by atoms with van der Waals surface area (Å²) in [5.41, 5.74) is 1.76. The number of hydrogen-bond acceptors (Lipinski definition) is 9. The number of carbonyl (C=O) groups excluding carboxylic acids is 5. The first kappa shape index (κ1) is 35.8. The van der Waals surface area contributed by atoms with Crippen LogP contribution in [0.25, 0.3) is 0 Å². The van der Waals surface area contributed by atoms with E-state index in [2.05, 4.69) is 10.3 Å². The van der Waals surface area contributed by atoms with E-state index in [1.165, 1.54) is 22.4 Å². The highest BCUT2D eigenvalue weighted by molar-refractivity contribution is 7.11. The van der Waals surface area contributed by atoms with Crippen LogP contribution in [-0.2, 0) is 26.5 Å². The van der Waals surface area contributed by atoms with Gasteiger partial charge in [-0.15, -0.1) is 11.3 Å². The first-order chi connectivity index (χ1) is 25.0. The van der Waals surface area contributed by atoms with Crippen molar-refractivity contribution in [3.05, 3.63) is 87.4 Å². The summed E-state index contributed by atoms with van der Waals surface area (Å²) in [5.74, 6) is -7.78. The second kappa shape index (κ2) is 14.4. The zero-order valence-corrected chi connectivity index (χ0v) is 29.2. The van der Waals surface area contributed by atoms with Crippen LogP contribution < -0.4 is 5.32 Å². The van der Waals surface area contributed by atoms with E-state index >= 15 is 4.79 Å². The maximum absolute atomic E-state index is 15.0. The molecule has 2 aromatic carbocycles. The lowest BCUT2D eigenvalue weighted by Gasteiger charge is -2.51. The summed E-state index contributed by atoms with van der Waals surface area (Å²) in [7, 11) is 0. The fourth-order valence-corrected chi connectivity index (χ4v) is 8.59. The smallest absolute Gasteiger partial charge is 0.287 e. The molecule has 3 aliphatic heterocycles. The number of hydrogen-bond donors (Lipinski definition) is 2. The van der Waals surface area contributed by atoms with Gasteiger partial charge in [-0.1, -0.05) is 49.2 Å². The Balaban J connectivity index is 1.27. The Kier molecular flexibility index (Phi) is 9.93. The molecule has 0 spiro atoms. The molecule has 4 aliphatic rings. The van der Waals surface area contributed by atoms with Gasteiger partial charge in [0.15, 0.2) is 5.72 Å². The number of thiazole rings is 1. The van der Waals surface area contributed by atoms with E-state index in [0.717, 1.165) is 10.5 Å². The number of rotatable bonds is 10. The number of amides is 5. The third-order valence-corrected chi connectivity index (χ3v) is 11.4. The van der Waals surface area contributed by atoms with Crippen molar-refractivity contribution in [3.8, 4) is 0 Å². The number of aromatic nitrogens is 1. The highest BCUT2D eigenvalue weighted by Gasteiger charge is 2.54. The fourth-order valence-electron chi connectivity index (χ4n) is 8.00. The zero-order chi connectivity index (χ0) is 36.6. The number of fused-ring (bicyclic) bond motifs is 2. The van der Waals surface area contributed by atoms with Crippen molar-refractivity contribution >= 4 is 40.9 Å². The summed E-state index contributed by atoms with van der Waals surface area (Å²) < 4.78 is 34.9. The van der Waals surface area contributed by atoms with Crippen LogP contribution in [0.4, 0.5) is 8.78 Å². The molecule has 1 saturated heterocycles. The summed E-state index contributed by atoms with van der Waals surface area (Å²) >= 11 is 1.22. The maximum Gasteiger partial charge on any atom is 0.287 e. The van der Waals surface area contributed by atoms with Crippen molar-refractivity contribution in [3.63, 3.8) is 0 Å². The molecule has 3 aromatic rings. The molecule has 12 nitrogen and oxygen atoms in total. The lowest BCUT2D eigenvalue weighted by atomic mass is 9.76. The van der Waals surface area contributed by atoms with Gasteiger partial charge in [0.2, 0.25) is 11.8 Å². The molecule has 52 heavy (non-hydrogen) atoms. The molecule has 1 aliphatic carbocycles. The van der Waals surface area contributed by atoms with E-state index in [1.54, 1.807) is 40.7 Å². The standard InChI is InChI=1S/C37H39F2N5O7S/c38-36(39,21-45)19-41-31(46)25-8-2-3-9-26(25)34(49)44-16-13-23-7-1-6-12-29(23)37(44,20-43-32(47)27-10-4-5-11-28(27)33(43)48)51-24-14-15-42(18-24)35(50)30-17-40-22-52-30/h1,4-7,10-12,17,22,24-26,45H,2-3,8-9,13-16,18-21H2,(H,41,46)/t24-,25-,26+,37+/m0/s1. The van der Waals surface area contributed by atoms with Crippen LogP contribution in [0.2, 0.25) is 0 Å². The van der Waals surface area contributed by atoms with Crippen LogP contribution in [0.5, 0.6) is 0 Å². The van der Waals surface area contributed by atoms with E-state index < -0.39 is 66.4 Å². The van der Waals surface area contributed by atoms with Crippen LogP contribution in [-0.4, -0.2) is 106 Å². The largest absolute Gasteiger partial charge is 0.390 e. The molecule has 2 fully saturated rings. The molecule has 2 N–H and O–H groups in total. The third-order valence-electron chi connectivity index (χ3n) is 10.6. The van der Waals surface area contributed by atoms with Crippen molar-refractivity contribution in [2.24, 2.45) is 11.8 Å². The molecular weight excluding hydrogens is 696 g/mol. The SMILES string of the molecule is O=C(NCC(F)(F)CO)[C@H]1CCCC[C@H]1C(=O)N1CCc2ccccc2[C@@]1(CN1C(=O)c2ccccc2C1=O)O[C@H]1CCN(C(=O)c2cncs2)C1. The second-order valence-corrected chi connectivity index (χ2v) is 14.7. The Morgan fingerprint density at radius 3 is 2.37 bits per heavy atom. The van der Waals surface area contributed by atoms with Crippen LogP contribution in [0.1, 0.15) is 73.6 Å². The molecule has 0 radical (unpaired) electrons. The highest BCUT2D eigenvalue weighted by Crippen LogP contribution is 2.44. The summed E-state index contributed by atoms with van der Waals surface area (Å²) in [6, 6.07) is 13.9. The Hall–Kier alpha value is -4.60. The van der Waals surface area contributed by atoms with Crippen molar-refractivity contribution in [1.29, 1.82) is 0 Å². The van der Waals surface area contributed by atoms with Gasteiger partial charge in [-0.3, -0.25) is 33.9 Å². The monoisotopic (exact) mass is 735 g/mol. The first-order valence-electron chi connectivity index (χ1n) is 17.5. The van der Waals surface area contributed by atoms with E-state index in [9.17, 15) is 28.0 Å². The van der Waals surface area contributed by atoms with Gasteiger partial charge >= 0.3 is 0 Å². The van der Waals surface area contributed by atoms with Crippen molar-refractivity contribution in [2.75, 3.05) is 39.3 Å². The van der Waals surface area contributed by atoms with Gasteiger partial charge in [-0.25, -0.2) is 8.78 Å². The van der Waals surface area contributed by atoms with E-state index in [4.69, 9.17) is 9.84 Å². The van der Waals surface area contributed by atoms with E-state index in [0.29, 0.717) is 55.5 Å². The summed E-state index contributed by atoms with van der Waals surface area (Å²) in [5, 5.41) is 11.3. The summed E-state index contributed by atoms with van der Waals surface area (Å²) in [4.78, 5) is 78.3. The van der Waals surface area contributed by atoms with Gasteiger partial charge in [0, 0.05) is 37.0 Å². The predicted octanol–water partition coefficient (Wildman–Crippen LogP) is 3.46. The average Bonchev–Trinajstić information content (AvgIpc) is 3.93. The van der Waals surface area contributed by atoms with Gasteiger partial charge in [0.25, 0.3) is 23.6 Å². The number of carbonyl (C=O) groups is 5. The Morgan fingerprint density at radius 2 is 1.67 bits per heavy atom. The van der Waals surface area contributed by atoms with Crippen LogP contribution in [0, 0.1) is 11.8 Å². The van der Waals surface area contributed by atoms with Crippen molar-refractivity contribution < 1.29 is 42.6 Å². The Bertz CT molecular complexity index is 1840. The molecule has 0 bridgehead atoms. The molecule has 1 saturated carbocycles. The van der Waals surface area contributed by atoms with Crippen LogP contribution in [0.15, 0.2) is 60.2 Å². The topological polar surface area (TPSA) is 149 Å². The fraction of sp³-hybridized carbons (Fsp3) is 0.459. The highest BCUT2D eigenvalue weighted by atomic mass is 32.1. The molecule has 4 heterocycles. The zero-order valence-electron chi connectivity index (χ0n) is 28.3. The number of imide groups is 1. The van der Waals surface area contributed by atoms with Gasteiger partial charge < -0.3 is 25.0 Å². The first-order valence-corrected chi connectivity index (χ1v) is 18.4. The maximum atomic E-state index is 15.0. The quantitative estimate of drug-likeness (QED) is 0.301. The van der Waals surface area contributed by atoms with Crippen LogP contribution >= 0.6 is 11.3 Å². The minimum Gasteiger partial charge on any atom is -0.390 e. The van der Waals surface area contributed by atoms with Gasteiger partial charge in [-0.2, -0.15) is 0 Å². The lowest BCUT2D eigenvalue weighted by molar-refractivity contribution is -0.210. The Labute approximate surface area is 302 Å². The summed E-state index contributed by atoms with van der Waals surface area (Å²) in [6.07, 6.45) is 3.57. The molecule has 7 rings (SSSR count). The number of alkyl halides is 2. The number of benzene rings is 2. The van der Waals surface area contributed by atoms with Gasteiger partial charge in [0.05, 0.1) is 42.0 Å². The minimum absolute atomic E-state index is 0.128. The van der Waals surface area contributed by atoms with Crippen molar-refractivity contribution in [2.45, 2.75) is 56.3 Å². The molecule has 1 aromatic heterocycles. The number of nitrogens with zero attached hydrogens (tertiary/aromatic N) is 4.